The Morgan fingerprint density at radius 1 is 1.24 bits per heavy atom. The fourth-order valence-corrected chi connectivity index (χ4v) is 2.41. The minimum absolute atomic E-state index is 0.192. The molecule has 0 unspecified atom stereocenters. The standard InChI is InChI=1S/C16H16BrClN2O/c1-10-7-11(3-5-14(10)17)9-20-12-4-6-15(18)13(8-12)16(21)19-2/h3-8,20H,9H2,1-2H3,(H,19,21). The second-order valence-corrected chi connectivity index (χ2v) is 5.97. The lowest BCUT2D eigenvalue weighted by molar-refractivity contribution is 0.0963. The molecule has 0 radical (unpaired) electrons. The van der Waals surface area contributed by atoms with Crippen molar-refractivity contribution in [3.63, 3.8) is 0 Å². The molecule has 0 aliphatic heterocycles. The van der Waals surface area contributed by atoms with Crippen LogP contribution in [0.3, 0.4) is 0 Å². The van der Waals surface area contributed by atoms with Gasteiger partial charge in [-0.25, -0.2) is 0 Å². The Hall–Kier alpha value is -1.52. The first kappa shape index (κ1) is 15.9. The van der Waals surface area contributed by atoms with Gasteiger partial charge in [-0.05, 0) is 42.3 Å². The van der Waals surface area contributed by atoms with Gasteiger partial charge in [0, 0.05) is 23.8 Å². The first-order valence-corrected chi connectivity index (χ1v) is 7.69. The van der Waals surface area contributed by atoms with Crippen LogP contribution in [0.5, 0.6) is 0 Å². The zero-order valence-corrected chi connectivity index (χ0v) is 14.2. The van der Waals surface area contributed by atoms with Crippen molar-refractivity contribution in [3.05, 3.63) is 62.6 Å². The first-order chi connectivity index (χ1) is 10.0. The van der Waals surface area contributed by atoms with E-state index in [1.807, 2.05) is 12.1 Å². The SMILES string of the molecule is CNC(=O)c1cc(NCc2ccc(Br)c(C)c2)ccc1Cl. The van der Waals surface area contributed by atoms with Crippen molar-refractivity contribution in [2.24, 2.45) is 0 Å². The van der Waals surface area contributed by atoms with Crippen LogP contribution in [0.4, 0.5) is 5.69 Å². The Bertz CT molecular complexity index is 673. The molecule has 2 aromatic rings. The maximum Gasteiger partial charge on any atom is 0.252 e. The lowest BCUT2D eigenvalue weighted by atomic mass is 10.1. The van der Waals surface area contributed by atoms with Crippen LogP contribution in [0.1, 0.15) is 21.5 Å². The summed E-state index contributed by atoms with van der Waals surface area (Å²) in [6.45, 7) is 2.74. The Morgan fingerprint density at radius 3 is 2.67 bits per heavy atom. The van der Waals surface area contributed by atoms with Crippen molar-refractivity contribution < 1.29 is 4.79 Å². The van der Waals surface area contributed by atoms with E-state index < -0.39 is 0 Å². The number of anilines is 1. The number of carbonyl (C=O) groups is 1. The highest BCUT2D eigenvalue weighted by Gasteiger charge is 2.09. The molecule has 0 aromatic heterocycles. The van der Waals surface area contributed by atoms with E-state index in [0.717, 1.165) is 10.2 Å². The zero-order chi connectivity index (χ0) is 15.4. The Labute approximate surface area is 137 Å². The van der Waals surface area contributed by atoms with E-state index in [-0.39, 0.29) is 5.91 Å². The number of halogens is 2. The molecule has 0 saturated heterocycles. The number of carbonyl (C=O) groups excluding carboxylic acids is 1. The number of hydrogen-bond donors (Lipinski definition) is 2. The third-order valence-electron chi connectivity index (χ3n) is 3.16. The molecule has 5 heteroatoms. The van der Waals surface area contributed by atoms with Crippen molar-refractivity contribution in [2.45, 2.75) is 13.5 Å². The molecule has 0 saturated carbocycles. The van der Waals surface area contributed by atoms with Gasteiger partial charge in [0.1, 0.15) is 0 Å². The lowest BCUT2D eigenvalue weighted by Crippen LogP contribution is -2.18. The van der Waals surface area contributed by atoms with E-state index >= 15 is 0 Å². The van der Waals surface area contributed by atoms with Gasteiger partial charge in [0.15, 0.2) is 0 Å². The van der Waals surface area contributed by atoms with Crippen LogP contribution in [0.15, 0.2) is 40.9 Å². The molecule has 3 nitrogen and oxygen atoms in total. The monoisotopic (exact) mass is 366 g/mol. The normalized spacial score (nSPS) is 10.3. The van der Waals surface area contributed by atoms with E-state index in [2.05, 4.69) is 45.6 Å². The van der Waals surface area contributed by atoms with Gasteiger partial charge < -0.3 is 10.6 Å². The van der Waals surface area contributed by atoms with Crippen molar-refractivity contribution in [1.29, 1.82) is 0 Å². The molecule has 0 atom stereocenters. The van der Waals surface area contributed by atoms with E-state index in [4.69, 9.17) is 11.6 Å². The molecule has 0 bridgehead atoms. The number of benzene rings is 2. The summed E-state index contributed by atoms with van der Waals surface area (Å²) in [6, 6.07) is 11.5. The van der Waals surface area contributed by atoms with Gasteiger partial charge in [-0.3, -0.25) is 4.79 Å². The molecular weight excluding hydrogens is 352 g/mol. The molecule has 0 fully saturated rings. The number of hydrogen-bond acceptors (Lipinski definition) is 2. The quantitative estimate of drug-likeness (QED) is 0.842. The summed E-state index contributed by atoms with van der Waals surface area (Å²) >= 11 is 9.52. The maximum atomic E-state index is 11.7. The van der Waals surface area contributed by atoms with E-state index in [9.17, 15) is 4.79 Å². The van der Waals surface area contributed by atoms with Crippen molar-refractivity contribution in [1.82, 2.24) is 5.32 Å². The molecular formula is C16H16BrClN2O. The summed E-state index contributed by atoms with van der Waals surface area (Å²) in [4.78, 5) is 11.7. The van der Waals surface area contributed by atoms with Gasteiger partial charge >= 0.3 is 0 Å². The van der Waals surface area contributed by atoms with Gasteiger partial charge in [-0.2, -0.15) is 0 Å². The second kappa shape index (κ2) is 6.96. The first-order valence-electron chi connectivity index (χ1n) is 6.52. The van der Waals surface area contributed by atoms with Crippen molar-refractivity contribution >= 4 is 39.1 Å². The van der Waals surface area contributed by atoms with E-state index in [0.29, 0.717) is 17.1 Å². The highest BCUT2D eigenvalue weighted by atomic mass is 79.9. The van der Waals surface area contributed by atoms with Crippen LogP contribution >= 0.6 is 27.5 Å². The predicted octanol–water partition coefficient (Wildman–Crippen LogP) is 4.38. The highest BCUT2D eigenvalue weighted by molar-refractivity contribution is 9.10. The molecule has 2 N–H and O–H groups in total. The fourth-order valence-electron chi connectivity index (χ4n) is 1.96. The summed E-state index contributed by atoms with van der Waals surface area (Å²) in [5.41, 5.74) is 3.69. The van der Waals surface area contributed by atoms with Crippen molar-refractivity contribution in [2.75, 3.05) is 12.4 Å². The number of amides is 1. The highest BCUT2D eigenvalue weighted by Crippen LogP contribution is 2.22. The third-order valence-corrected chi connectivity index (χ3v) is 4.38. The van der Waals surface area contributed by atoms with Gasteiger partial charge in [-0.1, -0.05) is 39.7 Å². The average Bonchev–Trinajstić information content (AvgIpc) is 2.49. The zero-order valence-electron chi connectivity index (χ0n) is 11.8. The topological polar surface area (TPSA) is 41.1 Å². The minimum atomic E-state index is -0.192. The average molecular weight is 368 g/mol. The van der Waals surface area contributed by atoms with Crippen LogP contribution in [0.25, 0.3) is 0 Å². The number of nitrogens with one attached hydrogen (secondary N) is 2. The molecule has 0 aliphatic rings. The van der Waals surface area contributed by atoms with Gasteiger partial charge in [-0.15, -0.1) is 0 Å². The van der Waals surface area contributed by atoms with Gasteiger partial charge in [0.05, 0.1) is 10.6 Å². The van der Waals surface area contributed by atoms with Gasteiger partial charge in [0.25, 0.3) is 5.91 Å². The minimum Gasteiger partial charge on any atom is -0.381 e. The molecule has 0 spiro atoms. The summed E-state index contributed by atoms with van der Waals surface area (Å²) in [5.74, 6) is -0.192. The smallest absolute Gasteiger partial charge is 0.252 e. The van der Waals surface area contributed by atoms with Crippen LogP contribution < -0.4 is 10.6 Å². The van der Waals surface area contributed by atoms with E-state index in [1.165, 1.54) is 11.1 Å². The van der Waals surface area contributed by atoms with Crippen molar-refractivity contribution in [3.8, 4) is 0 Å². The Kier molecular flexibility index (Phi) is 5.26. The molecule has 0 heterocycles. The summed E-state index contributed by atoms with van der Waals surface area (Å²) < 4.78 is 1.10. The van der Waals surface area contributed by atoms with E-state index in [1.54, 1.807) is 19.2 Å². The summed E-state index contributed by atoms with van der Waals surface area (Å²) in [7, 11) is 1.59. The molecule has 2 rings (SSSR count). The molecule has 0 aliphatic carbocycles. The fraction of sp³-hybridized carbons (Fsp3) is 0.188. The third kappa shape index (κ3) is 3.99. The molecule has 110 valence electrons. The molecule has 21 heavy (non-hydrogen) atoms. The predicted molar refractivity (Wildman–Crippen MR) is 91.0 cm³/mol. The maximum absolute atomic E-state index is 11.7. The number of rotatable bonds is 4. The molecule has 2 aromatic carbocycles. The number of aryl methyl sites for hydroxylation is 1. The van der Waals surface area contributed by atoms with Crippen LogP contribution in [-0.2, 0) is 6.54 Å². The lowest BCUT2D eigenvalue weighted by Gasteiger charge is -2.10. The molecule has 1 amide bonds. The van der Waals surface area contributed by atoms with Gasteiger partial charge in [0.2, 0.25) is 0 Å². The largest absolute Gasteiger partial charge is 0.381 e. The summed E-state index contributed by atoms with van der Waals surface area (Å²) in [5, 5.41) is 6.32. The Balaban J connectivity index is 2.13. The van der Waals surface area contributed by atoms with Crippen LogP contribution in [0.2, 0.25) is 5.02 Å². The summed E-state index contributed by atoms with van der Waals surface area (Å²) in [6.07, 6.45) is 0. The van der Waals surface area contributed by atoms with Crippen LogP contribution in [-0.4, -0.2) is 13.0 Å². The second-order valence-electron chi connectivity index (χ2n) is 4.71. The van der Waals surface area contributed by atoms with Crippen LogP contribution in [0, 0.1) is 6.92 Å². The Morgan fingerprint density at radius 2 is 2.00 bits per heavy atom.